The number of aromatic nitrogens is 1. The van der Waals surface area contributed by atoms with E-state index in [-0.39, 0.29) is 5.60 Å². The summed E-state index contributed by atoms with van der Waals surface area (Å²) < 4.78 is 6.09. The van der Waals surface area contributed by atoms with Crippen LogP contribution >= 0.6 is 11.8 Å². The average Bonchev–Trinajstić information content (AvgIpc) is 2.72. The Balaban J connectivity index is 1.75. The molecule has 0 aliphatic carbocycles. The van der Waals surface area contributed by atoms with Gasteiger partial charge in [0, 0.05) is 43.9 Å². The van der Waals surface area contributed by atoms with E-state index < -0.39 is 0 Å². The van der Waals surface area contributed by atoms with Gasteiger partial charge in [0.05, 0.1) is 17.8 Å². The lowest BCUT2D eigenvalue weighted by Crippen LogP contribution is -2.45. The zero-order valence-electron chi connectivity index (χ0n) is 16.5. The third-order valence-corrected chi connectivity index (χ3v) is 6.36. The lowest BCUT2D eigenvalue weighted by molar-refractivity contribution is -0.0402. The summed E-state index contributed by atoms with van der Waals surface area (Å²) in [6.07, 6.45) is 0.742. The number of anilines is 1. The Morgan fingerprint density at radius 1 is 1.21 bits per heavy atom. The first-order chi connectivity index (χ1) is 13.6. The van der Waals surface area contributed by atoms with Crippen molar-refractivity contribution in [3.8, 4) is 6.07 Å². The number of pyridine rings is 1. The minimum absolute atomic E-state index is 0.262. The molecule has 0 atom stereocenters. The predicted octanol–water partition coefficient (Wildman–Crippen LogP) is 3.51. The first-order valence-electron chi connectivity index (χ1n) is 9.79. The minimum Gasteiger partial charge on any atom is -0.370 e. The summed E-state index contributed by atoms with van der Waals surface area (Å²) in [7, 11) is 0. The molecule has 1 fully saturated rings. The van der Waals surface area contributed by atoms with E-state index in [9.17, 15) is 5.26 Å². The molecule has 0 spiro atoms. The van der Waals surface area contributed by atoms with E-state index in [2.05, 4.69) is 42.3 Å². The number of rotatable bonds is 4. The van der Waals surface area contributed by atoms with E-state index in [1.807, 2.05) is 18.2 Å². The lowest BCUT2D eigenvalue weighted by atomic mass is 9.89. The van der Waals surface area contributed by atoms with Gasteiger partial charge in [-0.25, -0.2) is 4.98 Å². The maximum absolute atomic E-state index is 9.98. The van der Waals surface area contributed by atoms with E-state index >= 15 is 0 Å². The van der Waals surface area contributed by atoms with E-state index in [0.29, 0.717) is 6.61 Å². The highest BCUT2D eigenvalue weighted by atomic mass is 32.2. The van der Waals surface area contributed by atoms with Crippen molar-refractivity contribution < 1.29 is 4.74 Å². The number of nitrogens with zero attached hydrogens (tertiary/aromatic N) is 3. The fourth-order valence-corrected chi connectivity index (χ4v) is 4.77. The third-order valence-electron chi connectivity index (χ3n) is 5.31. The van der Waals surface area contributed by atoms with E-state index in [1.54, 1.807) is 11.8 Å². The normalized spacial score (nSPS) is 18.4. The Labute approximate surface area is 171 Å². The molecule has 0 saturated carbocycles. The van der Waals surface area contributed by atoms with Crippen LogP contribution in [0.15, 0.2) is 35.4 Å². The van der Waals surface area contributed by atoms with Crippen molar-refractivity contribution in [2.75, 3.05) is 31.1 Å². The van der Waals surface area contributed by atoms with Gasteiger partial charge < -0.3 is 15.0 Å². The zero-order valence-corrected chi connectivity index (χ0v) is 17.3. The SMILES string of the molecule is CC1(C)Cc2c(C#N)c(SCc3ccccc3)nc(N3CCNCC3)c2CO1. The molecular weight excluding hydrogens is 368 g/mol. The monoisotopic (exact) mass is 394 g/mol. The number of piperazine rings is 1. The quantitative estimate of drug-likeness (QED) is 0.801. The van der Waals surface area contributed by atoms with Gasteiger partial charge in [-0.15, -0.1) is 11.8 Å². The molecule has 2 aliphatic heterocycles. The number of benzene rings is 1. The predicted molar refractivity (Wildman–Crippen MR) is 113 cm³/mol. The van der Waals surface area contributed by atoms with Crippen LogP contribution in [0.25, 0.3) is 0 Å². The zero-order chi connectivity index (χ0) is 19.6. The first kappa shape index (κ1) is 19.3. The van der Waals surface area contributed by atoms with Crippen LogP contribution in [0, 0.1) is 11.3 Å². The van der Waals surface area contributed by atoms with Crippen LogP contribution in [0.2, 0.25) is 0 Å². The standard InChI is InChI=1S/C22H26N4OS/c1-22(2)12-17-18(13-23)21(28-15-16-6-4-3-5-7-16)25-20(19(17)14-27-22)26-10-8-24-9-11-26/h3-7,24H,8-12,14-15H2,1-2H3. The fraction of sp³-hybridized carbons (Fsp3) is 0.455. The highest BCUT2D eigenvalue weighted by Crippen LogP contribution is 2.39. The fourth-order valence-electron chi connectivity index (χ4n) is 3.81. The molecule has 1 aromatic carbocycles. The summed E-state index contributed by atoms with van der Waals surface area (Å²) in [5.41, 5.74) is 3.93. The maximum atomic E-state index is 9.98. The van der Waals surface area contributed by atoms with Crippen LogP contribution in [0.4, 0.5) is 5.82 Å². The van der Waals surface area contributed by atoms with Crippen LogP contribution in [0.1, 0.15) is 36.1 Å². The maximum Gasteiger partial charge on any atom is 0.135 e. The van der Waals surface area contributed by atoms with Crippen molar-refractivity contribution in [2.24, 2.45) is 0 Å². The van der Waals surface area contributed by atoms with Gasteiger partial charge in [0.2, 0.25) is 0 Å². The van der Waals surface area contributed by atoms with E-state index in [0.717, 1.165) is 65.9 Å². The summed E-state index contributed by atoms with van der Waals surface area (Å²) in [6.45, 7) is 8.48. The molecule has 146 valence electrons. The number of fused-ring (bicyclic) bond motifs is 1. The molecule has 1 aromatic heterocycles. The first-order valence-corrected chi connectivity index (χ1v) is 10.8. The van der Waals surface area contributed by atoms with E-state index in [1.165, 1.54) is 5.56 Å². The van der Waals surface area contributed by atoms with Crippen molar-refractivity contribution in [1.29, 1.82) is 5.26 Å². The Bertz CT molecular complexity index is 886. The smallest absolute Gasteiger partial charge is 0.135 e. The van der Waals surface area contributed by atoms with Crippen molar-refractivity contribution >= 4 is 17.6 Å². The molecule has 1 saturated heterocycles. The van der Waals surface area contributed by atoms with Gasteiger partial charge in [0.25, 0.3) is 0 Å². The van der Waals surface area contributed by atoms with Gasteiger partial charge in [-0.3, -0.25) is 0 Å². The third kappa shape index (κ3) is 4.02. The average molecular weight is 395 g/mol. The van der Waals surface area contributed by atoms with Crippen LogP contribution in [-0.2, 0) is 23.5 Å². The second kappa shape index (κ2) is 8.12. The van der Waals surface area contributed by atoms with Gasteiger partial charge in [0.1, 0.15) is 16.9 Å². The summed E-state index contributed by atoms with van der Waals surface area (Å²) >= 11 is 1.66. The molecule has 0 bridgehead atoms. The van der Waals surface area contributed by atoms with Gasteiger partial charge in [-0.2, -0.15) is 5.26 Å². The minimum atomic E-state index is -0.262. The highest BCUT2D eigenvalue weighted by molar-refractivity contribution is 7.98. The van der Waals surface area contributed by atoms with Crippen molar-refractivity contribution in [3.05, 3.63) is 52.6 Å². The summed E-state index contributed by atoms with van der Waals surface area (Å²) in [6, 6.07) is 12.8. The van der Waals surface area contributed by atoms with Crippen molar-refractivity contribution in [2.45, 2.75) is 43.3 Å². The topological polar surface area (TPSA) is 61.2 Å². The Morgan fingerprint density at radius 2 is 1.96 bits per heavy atom. The van der Waals surface area contributed by atoms with Gasteiger partial charge in [0.15, 0.2) is 0 Å². The molecule has 2 aliphatic rings. The molecule has 4 rings (SSSR count). The highest BCUT2D eigenvalue weighted by Gasteiger charge is 2.33. The summed E-state index contributed by atoms with van der Waals surface area (Å²) in [5.74, 6) is 1.81. The van der Waals surface area contributed by atoms with Gasteiger partial charge in [-0.1, -0.05) is 30.3 Å². The molecule has 0 amide bonds. The van der Waals surface area contributed by atoms with Crippen LogP contribution in [0.3, 0.4) is 0 Å². The Hall–Kier alpha value is -2.07. The van der Waals surface area contributed by atoms with Gasteiger partial charge >= 0.3 is 0 Å². The van der Waals surface area contributed by atoms with Crippen molar-refractivity contribution in [1.82, 2.24) is 10.3 Å². The molecule has 1 N–H and O–H groups in total. The number of ether oxygens (including phenoxy) is 1. The molecule has 28 heavy (non-hydrogen) atoms. The summed E-state index contributed by atoms with van der Waals surface area (Å²) in [4.78, 5) is 7.34. The van der Waals surface area contributed by atoms with Crippen LogP contribution < -0.4 is 10.2 Å². The number of nitriles is 1. The molecule has 2 aromatic rings. The molecule has 6 heteroatoms. The molecule has 5 nitrogen and oxygen atoms in total. The molecule has 3 heterocycles. The second-order valence-corrected chi connectivity index (χ2v) is 8.88. The Morgan fingerprint density at radius 3 is 2.68 bits per heavy atom. The van der Waals surface area contributed by atoms with E-state index in [4.69, 9.17) is 9.72 Å². The number of hydrogen-bond acceptors (Lipinski definition) is 6. The second-order valence-electron chi connectivity index (χ2n) is 7.92. The molecular formula is C22H26N4OS. The Kier molecular flexibility index (Phi) is 5.58. The number of thioether (sulfide) groups is 1. The molecule has 0 radical (unpaired) electrons. The van der Waals surface area contributed by atoms with Crippen LogP contribution in [-0.4, -0.2) is 36.8 Å². The van der Waals surface area contributed by atoms with Crippen LogP contribution in [0.5, 0.6) is 0 Å². The number of nitrogens with one attached hydrogen (secondary N) is 1. The van der Waals surface area contributed by atoms with Crippen molar-refractivity contribution in [3.63, 3.8) is 0 Å². The summed E-state index contributed by atoms with van der Waals surface area (Å²) in [5, 5.41) is 14.2. The largest absolute Gasteiger partial charge is 0.370 e. The van der Waals surface area contributed by atoms with Gasteiger partial charge in [-0.05, 0) is 25.0 Å². The molecule has 0 unspecified atom stereocenters. The lowest BCUT2D eigenvalue weighted by Gasteiger charge is -2.37. The number of hydrogen-bond donors (Lipinski definition) is 1.